The number of aryl methyl sites for hydroxylation is 2. The van der Waals surface area contributed by atoms with E-state index in [2.05, 4.69) is 4.72 Å². The first-order chi connectivity index (χ1) is 9.27. The number of hydrogen-bond donors (Lipinski definition) is 2. The molecule has 112 valence electrons. The molecule has 0 aliphatic carbocycles. The lowest BCUT2D eigenvalue weighted by atomic mass is 10.1. The number of carboxylic acid groups (broad SMARTS) is 1. The molecule has 0 amide bonds. The summed E-state index contributed by atoms with van der Waals surface area (Å²) in [6, 6.07) is 5.17. The van der Waals surface area contributed by atoms with Crippen molar-refractivity contribution >= 4 is 16.0 Å². The van der Waals surface area contributed by atoms with Crippen LogP contribution in [0.2, 0.25) is 0 Å². The van der Waals surface area contributed by atoms with Gasteiger partial charge in [0.15, 0.2) is 0 Å². The Balaban J connectivity index is 2.89. The maximum Gasteiger partial charge on any atom is 0.307 e. The summed E-state index contributed by atoms with van der Waals surface area (Å²) in [5, 5.41) is 9.04. The van der Waals surface area contributed by atoms with Crippen LogP contribution in [0.15, 0.2) is 23.1 Å². The average molecular weight is 299 g/mol. The zero-order chi connectivity index (χ0) is 15.3. The molecule has 5 nitrogen and oxygen atoms in total. The van der Waals surface area contributed by atoms with E-state index in [1.165, 1.54) is 0 Å². The highest BCUT2D eigenvalue weighted by Gasteiger charge is 2.22. The summed E-state index contributed by atoms with van der Waals surface area (Å²) >= 11 is 0. The van der Waals surface area contributed by atoms with E-state index in [1.807, 2.05) is 19.9 Å². The molecule has 1 aromatic carbocycles. The number of carboxylic acids is 1. The lowest BCUT2D eigenvalue weighted by Gasteiger charge is -2.14. The van der Waals surface area contributed by atoms with Gasteiger partial charge in [0.2, 0.25) is 10.0 Å². The fourth-order valence-electron chi connectivity index (χ4n) is 1.95. The average Bonchev–Trinajstić information content (AvgIpc) is 2.37. The minimum absolute atomic E-state index is 0.0844. The Morgan fingerprint density at radius 3 is 2.55 bits per heavy atom. The van der Waals surface area contributed by atoms with Gasteiger partial charge < -0.3 is 5.11 Å². The number of hydrogen-bond acceptors (Lipinski definition) is 3. The van der Waals surface area contributed by atoms with Gasteiger partial charge in [0.25, 0.3) is 0 Å². The van der Waals surface area contributed by atoms with Gasteiger partial charge in [-0.3, -0.25) is 4.79 Å². The van der Waals surface area contributed by atoms with Crippen LogP contribution in [0.1, 0.15) is 30.9 Å². The largest absolute Gasteiger partial charge is 0.481 e. The maximum absolute atomic E-state index is 12.2. The normalized spacial score (nSPS) is 13.2. The first-order valence-electron chi connectivity index (χ1n) is 6.57. The lowest BCUT2D eigenvalue weighted by molar-refractivity contribution is -0.141. The van der Waals surface area contributed by atoms with E-state index in [9.17, 15) is 13.2 Å². The number of benzene rings is 1. The Morgan fingerprint density at radius 2 is 2.00 bits per heavy atom. The van der Waals surface area contributed by atoms with Crippen molar-refractivity contribution in [1.29, 1.82) is 0 Å². The molecule has 1 aromatic rings. The van der Waals surface area contributed by atoms with Crippen molar-refractivity contribution in [2.45, 2.75) is 38.5 Å². The highest BCUT2D eigenvalue weighted by molar-refractivity contribution is 7.89. The van der Waals surface area contributed by atoms with E-state index >= 15 is 0 Å². The molecule has 1 atom stereocenters. The third-order valence-corrected chi connectivity index (χ3v) is 4.70. The van der Waals surface area contributed by atoms with Crippen molar-refractivity contribution in [3.63, 3.8) is 0 Å². The molecule has 0 radical (unpaired) electrons. The lowest BCUT2D eigenvalue weighted by Crippen LogP contribution is -2.33. The second-order valence-corrected chi connectivity index (χ2v) is 6.68. The van der Waals surface area contributed by atoms with Crippen LogP contribution in [0.4, 0.5) is 0 Å². The molecule has 1 unspecified atom stereocenters. The highest BCUT2D eigenvalue weighted by Crippen LogP contribution is 2.17. The molecule has 0 spiro atoms. The molecule has 20 heavy (non-hydrogen) atoms. The second kappa shape index (κ2) is 6.85. The van der Waals surface area contributed by atoms with Gasteiger partial charge in [-0.25, -0.2) is 13.1 Å². The van der Waals surface area contributed by atoms with Gasteiger partial charge in [-0.2, -0.15) is 0 Å². The van der Waals surface area contributed by atoms with E-state index in [-0.39, 0.29) is 11.4 Å². The van der Waals surface area contributed by atoms with Crippen LogP contribution in [0, 0.1) is 19.8 Å². The third-order valence-electron chi connectivity index (χ3n) is 3.14. The summed E-state index contributed by atoms with van der Waals surface area (Å²) in [6.45, 7) is 5.32. The zero-order valence-electron chi connectivity index (χ0n) is 12.0. The summed E-state index contributed by atoms with van der Waals surface area (Å²) in [4.78, 5) is 11.2. The molecule has 0 aliphatic rings. The molecular formula is C14H21NO4S. The van der Waals surface area contributed by atoms with Gasteiger partial charge in [-0.05, 0) is 37.5 Å². The van der Waals surface area contributed by atoms with Crippen LogP contribution in [0.25, 0.3) is 0 Å². The molecule has 0 fully saturated rings. The molecule has 0 saturated carbocycles. The van der Waals surface area contributed by atoms with Crippen molar-refractivity contribution in [3.8, 4) is 0 Å². The topological polar surface area (TPSA) is 83.5 Å². The van der Waals surface area contributed by atoms with Crippen LogP contribution in [0.3, 0.4) is 0 Å². The molecule has 0 heterocycles. The van der Waals surface area contributed by atoms with Gasteiger partial charge in [-0.1, -0.05) is 25.5 Å². The van der Waals surface area contributed by atoms with Gasteiger partial charge in [0.1, 0.15) is 0 Å². The van der Waals surface area contributed by atoms with Crippen molar-refractivity contribution in [1.82, 2.24) is 4.72 Å². The predicted molar refractivity (Wildman–Crippen MR) is 77.1 cm³/mol. The molecule has 1 rings (SSSR count). The second-order valence-electron chi connectivity index (χ2n) is 4.94. The van der Waals surface area contributed by atoms with Crippen LogP contribution in [0.5, 0.6) is 0 Å². The first kappa shape index (κ1) is 16.7. The van der Waals surface area contributed by atoms with Gasteiger partial charge >= 0.3 is 5.97 Å². The Hall–Kier alpha value is -1.40. The number of sulfonamides is 1. The monoisotopic (exact) mass is 299 g/mol. The van der Waals surface area contributed by atoms with Gasteiger partial charge in [0, 0.05) is 6.54 Å². The number of aliphatic carboxylic acids is 1. The van der Waals surface area contributed by atoms with Crippen LogP contribution in [-0.2, 0) is 14.8 Å². The van der Waals surface area contributed by atoms with E-state index < -0.39 is 21.9 Å². The van der Waals surface area contributed by atoms with Crippen molar-refractivity contribution in [2.24, 2.45) is 5.92 Å². The van der Waals surface area contributed by atoms with Crippen LogP contribution in [-0.4, -0.2) is 26.0 Å². The molecule has 6 heteroatoms. The smallest absolute Gasteiger partial charge is 0.307 e. The van der Waals surface area contributed by atoms with Crippen molar-refractivity contribution in [2.75, 3.05) is 6.54 Å². The maximum atomic E-state index is 12.2. The quantitative estimate of drug-likeness (QED) is 0.807. The Kier molecular flexibility index (Phi) is 5.71. The number of rotatable bonds is 7. The van der Waals surface area contributed by atoms with Gasteiger partial charge in [-0.15, -0.1) is 0 Å². The standard InChI is InChI=1S/C14H21NO4S/c1-4-5-12(14(16)17)9-15-20(18,19)13-8-10(2)6-7-11(13)3/h6-8,12,15H,4-5,9H2,1-3H3,(H,16,17). The van der Waals surface area contributed by atoms with E-state index in [0.717, 1.165) is 5.56 Å². The summed E-state index contributed by atoms with van der Waals surface area (Å²) in [7, 11) is -3.67. The fraction of sp³-hybridized carbons (Fsp3) is 0.500. The predicted octanol–water partition coefficient (Wildman–Crippen LogP) is 2.08. The highest BCUT2D eigenvalue weighted by atomic mass is 32.2. The molecule has 0 saturated heterocycles. The Labute approximate surface area is 120 Å². The number of nitrogens with one attached hydrogen (secondary N) is 1. The van der Waals surface area contributed by atoms with E-state index in [0.29, 0.717) is 18.4 Å². The molecule has 2 N–H and O–H groups in total. The summed E-state index contributed by atoms with van der Waals surface area (Å²) in [5.41, 5.74) is 1.49. The fourth-order valence-corrected chi connectivity index (χ4v) is 3.36. The zero-order valence-corrected chi connectivity index (χ0v) is 12.8. The SMILES string of the molecule is CCCC(CNS(=O)(=O)c1cc(C)ccc1C)C(=O)O. The molecule has 0 aromatic heterocycles. The van der Waals surface area contributed by atoms with Gasteiger partial charge in [0.05, 0.1) is 10.8 Å². The van der Waals surface area contributed by atoms with Crippen LogP contribution >= 0.6 is 0 Å². The minimum Gasteiger partial charge on any atom is -0.481 e. The van der Waals surface area contributed by atoms with Crippen molar-refractivity contribution < 1.29 is 18.3 Å². The van der Waals surface area contributed by atoms with Crippen molar-refractivity contribution in [3.05, 3.63) is 29.3 Å². The molecule has 0 bridgehead atoms. The molecule has 0 aliphatic heterocycles. The Morgan fingerprint density at radius 1 is 1.35 bits per heavy atom. The van der Waals surface area contributed by atoms with E-state index in [1.54, 1.807) is 19.1 Å². The summed E-state index contributed by atoms with van der Waals surface area (Å²) in [5.74, 6) is -1.67. The first-order valence-corrected chi connectivity index (χ1v) is 8.06. The minimum atomic E-state index is -3.67. The third kappa shape index (κ3) is 4.31. The van der Waals surface area contributed by atoms with Crippen LogP contribution < -0.4 is 4.72 Å². The summed E-state index contributed by atoms with van der Waals surface area (Å²) in [6.07, 6.45) is 1.15. The number of carbonyl (C=O) groups is 1. The Bertz CT molecular complexity index is 581. The van der Waals surface area contributed by atoms with E-state index in [4.69, 9.17) is 5.11 Å². The summed E-state index contributed by atoms with van der Waals surface area (Å²) < 4.78 is 26.9. The molecular weight excluding hydrogens is 278 g/mol.